The molecule has 0 nitrogen and oxygen atoms in total. The maximum atomic E-state index is 14.5. The van der Waals surface area contributed by atoms with Gasteiger partial charge < -0.3 is 24.8 Å². The Labute approximate surface area is 348 Å². The number of hydrogen-bond donors (Lipinski definition) is 0. The molecule has 298 valence electrons. The first-order valence-electron chi connectivity index (χ1n) is 18.7. The Balaban J connectivity index is 0.00000348. The summed E-state index contributed by atoms with van der Waals surface area (Å²) in [5.41, 5.74) is 6.48. The summed E-state index contributed by atoms with van der Waals surface area (Å²) >= 11 is -3.77. The van der Waals surface area contributed by atoms with Crippen LogP contribution < -0.4 is 24.8 Å². The topological polar surface area (TPSA) is 0 Å². The van der Waals surface area contributed by atoms with E-state index < -0.39 is 44.7 Å². The Morgan fingerprint density at radius 1 is 0.554 bits per heavy atom. The van der Waals surface area contributed by atoms with Crippen LogP contribution in [0.5, 0.6) is 0 Å². The molecule has 0 aliphatic heterocycles. The molecule has 0 radical (unpaired) electrons. The largest absolute Gasteiger partial charge is 1.00 e. The van der Waals surface area contributed by atoms with Crippen LogP contribution in [0.15, 0.2) is 106 Å². The van der Waals surface area contributed by atoms with Crippen molar-refractivity contribution in [2.24, 2.45) is 11.3 Å². The Hall–Kier alpha value is -2.73. The van der Waals surface area contributed by atoms with Gasteiger partial charge in [-0.3, -0.25) is 0 Å². The van der Waals surface area contributed by atoms with Crippen molar-refractivity contribution in [1.82, 2.24) is 0 Å². The summed E-state index contributed by atoms with van der Waals surface area (Å²) in [6.07, 6.45) is -3.91. The van der Waals surface area contributed by atoms with Crippen LogP contribution in [-0.2, 0) is 44.4 Å². The van der Waals surface area contributed by atoms with Gasteiger partial charge in [-0.15, -0.1) is 0 Å². The van der Waals surface area contributed by atoms with Gasteiger partial charge in [0, 0.05) is 0 Å². The third kappa shape index (κ3) is 9.11. The Morgan fingerprint density at radius 3 is 1.34 bits per heavy atom. The van der Waals surface area contributed by atoms with Gasteiger partial charge in [-0.25, -0.2) is 0 Å². The molecule has 2 aliphatic carbocycles. The molecular formula is C47H50Cl2F6Zr. The van der Waals surface area contributed by atoms with Gasteiger partial charge in [0.1, 0.15) is 0 Å². The second-order valence-electron chi connectivity index (χ2n) is 18.0. The molecule has 4 aromatic rings. The Morgan fingerprint density at radius 2 is 0.982 bits per heavy atom. The van der Waals surface area contributed by atoms with Crippen molar-refractivity contribution in [3.63, 3.8) is 0 Å². The fraction of sp³-hybridized carbons (Fsp3) is 0.383. The number of hydrogen-bond acceptors (Lipinski definition) is 0. The van der Waals surface area contributed by atoms with Crippen molar-refractivity contribution in [2.75, 3.05) is 0 Å². The summed E-state index contributed by atoms with van der Waals surface area (Å²) in [4.78, 5) is 0. The van der Waals surface area contributed by atoms with Crippen LogP contribution in [0.1, 0.15) is 124 Å². The molecule has 0 N–H and O–H groups in total. The smallest absolute Gasteiger partial charge is 1.00 e. The van der Waals surface area contributed by atoms with E-state index in [1.165, 1.54) is 26.5 Å². The van der Waals surface area contributed by atoms with Gasteiger partial charge in [-0.05, 0) is 0 Å². The molecule has 0 fully saturated rings. The summed E-state index contributed by atoms with van der Waals surface area (Å²) < 4.78 is 88.4. The molecule has 1 unspecified atom stereocenters. The fourth-order valence-electron chi connectivity index (χ4n) is 7.84. The van der Waals surface area contributed by atoms with Gasteiger partial charge in [-0.1, -0.05) is 0 Å². The summed E-state index contributed by atoms with van der Waals surface area (Å²) in [5, 5.41) is 0. The molecule has 0 saturated carbocycles. The molecule has 56 heavy (non-hydrogen) atoms. The maximum Gasteiger partial charge on any atom is -1.00 e. The molecule has 9 heteroatoms. The molecule has 0 amide bonds. The van der Waals surface area contributed by atoms with Gasteiger partial charge in [0.15, 0.2) is 0 Å². The number of allylic oxidation sites excluding steroid dienone is 4. The van der Waals surface area contributed by atoms with E-state index in [9.17, 15) is 26.3 Å². The number of rotatable bonds is 5. The Kier molecular flexibility index (Phi) is 13.2. The summed E-state index contributed by atoms with van der Waals surface area (Å²) in [6.45, 7) is 21.6. The standard InChI is InChI=1S/C21H25.C15H8F6.C11H17.2ClH.Zr/c1-20(2,3)16-9-7-14-11-15-8-10-17(21(4,5)6)13-19(15)18(14)12-16;16-14(17,18)12-5-1-3-10(8-12)7-11-4-2-6-13(9-11)15(19,20)21;1-5-9-6-7-10(8-9)11(2,3)4;;;/h7-13H,1-6H3;1-6,8-9H;7-9H,5H2,1-4H3;2*1H;/q;;;;;+2/p-2. The summed E-state index contributed by atoms with van der Waals surface area (Å²) in [6, 6.07) is 23.8. The van der Waals surface area contributed by atoms with Crippen LogP contribution in [0.25, 0.3) is 11.1 Å². The SMILES string of the molecule is CCC1C=C(C(C)(C)C)C=[C]1[Zr+2](=[C](c1cccc(C(F)(F)F)c1)c1cccc(C(F)(F)F)c1)[CH]1c2ccc(C(C)(C)C)cc2-c2cc(C(C)(C)C)ccc21.[Cl-].[Cl-]. The second-order valence-corrected chi connectivity index (χ2v) is 24.1. The van der Waals surface area contributed by atoms with Gasteiger partial charge in [0.25, 0.3) is 0 Å². The van der Waals surface area contributed by atoms with Crippen molar-refractivity contribution in [2.45, 2.75) is 102 Å². The molecule has 1 atom stereocenters. The Bertz CT molecular complexity index is 2080. The maximum absolute atomic E-state index is 14.5. The molecule has 0 bridgehead atoms. The molecule has 0 spiro atoms. The van der Waals surface area contributed by atoms with Crippen molar-refractivity contribution in [1.29, 1.82) is 0 Å². The van der Waals surface area contributed by atoms with Crippen LogP contribution in [0.2, 0.25) is 0 Å². The van der Waals surface area contributed by atoms with E-state index in [2.05, 4.69) is 118 Å². The quantitative estimate of drug-likeness (QED) is 0.178. The molecule has 0 aromatic heterocycles. The first kappa shape index (κ1) is 46.0. The third-order valence-electron chi connectivity index (χ3n) is 11.0. The van der Waals surface area contributed by atoms with Crippen LogP contribution in [0, 0.1) is 11.3 Å². The minimum absolute atomic E-state index is 0. The van der Waals surface area contributed by atoms with E-state index in [4.69, 9.17) is 0 Å². The zero-order valence-corrected chi connectivity index (χ0v) is 37.6. The van der Waals surface area contributed by atoms with E-state index in [0.717, 1.165) is 58.5 Å². The minimum Gasteiger partial charge on any atom is -1.00 e. The van der Waals surface area contributed by atoms with Gasteiger partial charge >= 0.3 is 326 Å². The van der Waals surface area contributed by atoms with Crippen LogP contribution in [0.4, 0.5) is 26.3 Å². The van der Waals surface area contributed by atoms with Crippen molar-refractivity contribution in [3.8, 4) is 11.1 Å². The molecular weight excluding hydrogens is 841 g/mol. The summed E-state index contributed by atoms with van der Waals surface area (Å²) in [5.74, 6) is 0.00965. The van der Waals surface area contributed by atoms with E-state index >= 15 is 0 Å². The molecule has 0 saturated heterocycles. The number of benzene rings is 4. The predicted octanol–water partition coefficient (Wildman–Crippen LogP) is 8.18. The second kappa shape index (κ2) is 16.1. The average molecular weight is 891 g/mol. The van der Waals surface area contributed by atoms with Gasteiger partial charge in [0.2, 0.25) is 0 Å². The molecule has 0 heterocycles. The first-order chi connectivity index (χ1) is 24.9. The van der Waals surface area contributed by atoms with E-state index in [0.29, 0.717) is 14.3 Å². The molecule has 4 aromatic carbocycles. The van der Waals surface area contributed by atoms with Crippen LogP contribution in [-0.4, -0.2) is 3.21 Å². The van der Waals surface area contributed by atoms with E-state index in [-0.39, 0.29) is 50.6 Å². The fourth-order valence-corrected chi connectivity index (χ4v) is 17.6. The van der Waals surface area contributed by atoms with Crippen LogP contribution >= 0.6 is 0 Å². The summed E-state index contributed by atoms with van der Waals surface area (Å²) in [7, 11) is 0. The number of fused-ring (bicyclic) bond motifs is 3. The van der Waals surface area contributed by atoms with Crippen molar-refractivity contribution < 1.29 is 72.4 Å². The molecule has 2 aliphatic rings. The monoisotopic (exact) mass is 888 g/mol. The van der Waals surface area contributed by atoms with Crippen LogP contribution in [0.3, 0.4) is 0 Å². The average Bonchev–Trinajstić information content (AvgIpc) is 3.65. The predicted molar refractivity (Wildman–Crippen MR) is 207 cm³/mol. The zero-order valence-electron chi connectivity index (χ0n) is 33.6. The minimum atomic E-state index is -4.63. The van der Waals surface area contributed by atoms with E-state index in [1.54, 1.807) is 12.1 Å². The molecule has 6 rings (SSSR count). The van der Waals surface area contributed by atoms with E-state index in [1.807, 2.05) is 0 Å². The zero-order chi connectivity index (χ0) is 39.8. The third-order valence-corrected chi connectivity index (χ3v) is 19.5. The van der Waals surface area contributed by atoms with Gasteiger partial charge in [-0.2, -0.15) is 0 Å². The number of halogens is 8. The first-order valence-corrected chi connectivity index (χ1v) is 22.6. The van der Waals surface area contributed by atoms with Gasteiger partial charge in [0.05, 0.1) is 0 Å². The van der Waals surface area contributed by atoms with Crippen molar-refractivity contribution in [3.05, 3.63) is 150 Å². The normalized spacial score (nSPS) is 15.8. The van der Waals surface area contributed by atoms with Crippen molar-refractivity contribution >= 4 is 3.21 Å². The number of alkyl halides is 6.